The van der Waals surface area contributed by atoms with Gasteiger partial charge in [0.15, 0.2) is 0 Å². The number of aryl methyl sites for hydroxylation is 1. The maximum absolute atomic E-state index is 4.78. The molecule has 1 atom stereocenters. The Hall–Kier alpha value is -1.74. The molecule has 3 heteroatoms. The van der Waals surface area contributed by atoms with Gasteiger partial charge in [0.05, 0.1) is 5.69 Å². The van der Waals surface area contributed by atoms with Crippen LogP contribution in [0, 0.1) is 0 Å². The quantitative estimate of drug-likeness (QED) is 0.894. The molecule has 1 aromatic heterocycles. The highest BCUT2D eigenvalue weighted by Crippen LogP contribution is 2.20. The van der Waals surface area contributed by atoms with Crippen LogP contribution in [-0.2, 0) is 12.8 Å². The summed E-state index contributed by atoms with van der Waals surface area (Å²) in [7, 11) is 0. The van der Waals surface area contributed by atoms with E-state index < -0.39 is 0 Å². The summed E-state index contributed by atoms with van der Waals surface area (Å²) in [6.07, 6.45) is 5.07. The maximum Gasteiger partial charge on any atom is 0.132 e. The average Bonchev–Trinajstić information content (AvgIpc) is 2.62. The SMILES string of the molecule is CC1NCCCc2cnc(Cc3ccccc3)nc21. The zero-order valence-electron chi connectivity index (χ0n) is 11.3. The van der Waals surface area contributed by atoms with E-state index in [0.717, 1.165) is 25.2 Å². The van der Waals surface area contributed by atoms with E-state index in [4.69, 9.17) is 4.98 Å². The normalized spacial score (nSPS) is 18.7. The number of rotatable bonds is 2. The third-order valence-electron chi connectivity index (χ3n) is 3.64. The van der Waals surface area contributed by atoms with Crippen LogP contribution < -0.4 is 5.32 Å². The first-order valence-corrected chi connectivity index (χ1v) is 6.95. The van der Waals surface area contributed by atoms with E-state index in [9.17, 15) is 0 Å². The molecule has 0 radical (unpaired) electrons. The van der Waals surface area contributed by atoms with E-state index in [-0.39, 0.29) is 0 Å². The minimum Gasteiger partial charge on any atom is -0.309 e. The summed E-state index contributed by atoms with van der Waals surface area (Å²) in [4.78, 5) is 9.30. The molecule has 1 N–H and O–H groups in total. The first kappa shape index (κ1) is 12.3. The van der Waals surface area contributed by atoms with Gasteiger partial charge in [0.25, 0.3) is 0 Å². The molecule has 98 valence electrons. The molecule has 0 spiro atoms. The van der Waals surface area contributed by atoms with Crippen molar-refractivity contribution < 1.29 is 0 Å². The van der Waals surface area contributed by atoms with Crippen LogP contribution in [0.25, 0.3) is 0 Å². The van der Waals surface area contributed by atoms with Gasteiger partial charge in [-0.3, -0.25) is 0 Å². The van der Waals surface area contributed by atoms with Crippen LogP contribution in [0.4, 0.5) is 0 Å². The van der Waals surface area contributed by atoms with Crippen molar-refractivity contribution in [3.8, 4) is 0 Å². The second-order valence-electron chi connectivity index (χ2n) is 5.14. The Morgan fingerprint density at radius 2 is 2.11 bits per heavy atom. The molecular formula is C16H19N3. The third kappa shape index (κ3) is 2.82. The maximum atomic E-state index is 4.78. The van der Waals surface area contributed by atoms with Crippen LogP contribution in [0.15, 0.2) is 36.5 Å². The van der Waals surface area contributed by atoms with Crippen LogP contribution in [0.3, 0.4) is 0 Å². The van der Waals surface area contributed by atoms with Crippen LogP contribution in [0.2, 0.25) is 0 Å². The van der Waals surface area contributed by atoms with Gasteiger partial charge >= 0.3 is 0 Å². The summed E-state index contributed by atoms with van der Waals surface area (Å²) in [5.74, 6) is 0.917. The number of hydrogen-bond donors (Lipinski definition) is 1. The van der Waals surface area contributed by atoms with Crippen molar-refractivity contribution in [2.45, 2.75) is 32.2 Å². The van der Waals surface area contributed by atoms with Gasteiger partial charge in [-0.05, 0) is 37.4 Å². The molecule has 1 unspecified atom stereocenters. The molecule has 0 saturated carbocycles. The monoisotopic (exact) mass is 253 g/mol. The van der Waals surface area contributed by atoms with Gasteiger partial charge < -0.3 is 5.32 Å². The summed E-state index contributed by atoms with van der Waals surface area (Å²) in [5.41, 5.74) is 3.74. The smallest absolute Gasteiger partial charge is 0.132 e. The van der Waals surface area contributed by atoms with Gasteiger partial charge in [-0.15, -0.1) is 0 Å². The minimum atomic E-state index is 0.329. The van der Waals surface area contributed by atoms with Crippen molar-refractivity contribution in [1.82, 2.24) is 15.3 Å². The summed E-state index contributed by atoms with van der Waals surface area (Å²) < 4.78 is 0. The Morgan fingerprint density at radius 1 is 1.26 bits per heavy atom. The largest absolute Gasteiger partial charge is 0.309 e. The van der Waals surface area contributed by atoms with Crippen LogP contribution in [-0.4, -0.2) is 16.5 Å². The third-order valence-corrected chi connectivity index (χ3v) is 3.64. The van der Waals surface area contributed by atoms with Crippen molar-refractivity contribution in [2.24, 2.45) is 0 Å². The Balaban J connectivity index is 1.88. The zero-order chi connectivity index (χ0) is 13.1. The highest BCUT2D eigenvalue weighted by molar-refractivity contribution is 5.25. The van der Waals surface area contributed by atoms with Crippen molar-refractivity contribution in [3.05, 3.63) is 59.2 Å². The fourth-order valence-corrected chi connectivity index (χ4v) is 2.58. The molecule has 2 aromatic rings. The van der Waals surface area contributed by atoms with E-state index in [0.29, 0.717) is 6.04 Å². The van der Waals surface area contributed by atoms with Gasteiger partial charge in [-0.25, -0.2) is 9.97 Å². The minimum absolute atomic E-state index is 0.329. The predicted octanol–water partition coefficient (Wildman–Crippen LogP) is 2.66. The predicted molar refractivity (Wildman–Crippen MR) is 76.0 cm³/mol. The van der Waals surface area contributed by atoms with Crippen LogP contribution >= 0.6 is 0 Å². The lowest BCUT2D eigenvalue weighted by Gasteiger charge is -2.13. The highest BCUT2D eigenvalue weighted by Gasteiger charge is 2.16. The zero-order valence-corrected chi connectivity index (χ0v) is 11.3. The molecule has 0 fully saturated rings. The summed E-state index contributed by atoms with van der Waals surface area (Å²) >= 11 is 0. The van der Waals surface area contributed by atoms with Crippen molar-refractivity contribution in [2.75, 3.05) is 6.54 Å². The number of aromatic nitrogens is 2. The van der Waals surface area contributed by atoms with Gasteiger partial charge in [-0.2, -0.15) is 0 Å². The number of benzene rings is 1. The summed E-state index contributed by atoms with van der Waals surface area (Å²) in [5, 5.41) is 3.50. The molecule has 1 aliphatic rings. The van der Waals surface area contributed by atoms with Gasteiger partial charge in [0, 0.05) is 18.7 Å². The van der Waals surface area contributed by atoms with Crippen molar-refractivity contribution >= 4 is 0 Å². The second-order valence-corrected chi connectivity index (χ2v) is 5.14. The van der Waals surface area contributed by atoms with Gasteiger partial charge in [-0.1, -0.05) is 30.3 Å². The highest BCUT2D eigenvalue weighted by atomic mass is 15.0. The number of fused-ring (bicyclic) bond motifs is 1. The molecule has 3 rings (SSSR count). The first-order chi connectivity index (χ1) is 9.33. The van der Waals surface area contributed by atoms with E-state index in [1.165, 1.54) is 23.2 Å². The average molecular weight is 253 g/mol. The van der Waals surface area contributed by atoms with Crippen LogP contribution in [0.5, 0.6) is 0 Å². The topological polar surface area (TPSA) is 37.8 Å². The Morgan fingerprint density at radius 3 is 2.95 bits per heavy atom. The Kier molecular flexibility index (Phi) is 3.56. The Labute approximate surface area is 114 Å². The van der Waals surface area contributed by atoms with E-state index >= 15 is 0 Å². The Bertz CT molecular complexity index is 551. The number of nitrogens with one attached hydrogen (secondary N) is 1. The molecular weight excluding hydrogens is 234 g/mol. The number of nitrogens with zero attached hydrogens (tertiary/aromatic N) is 2. The van der Waals surface area contributed by atoms with Gasteiger partial charge in [0.1, 0.15) is 5.82 Å². The molecule has 1 aromatic carbocycles. The fourth-order valence-electron chi connectivity index (χ4n) is 2.58. The van der Waals surface area contributed by atoms with E-state index in [1.807, 2.05) is 12.3 Å². The first-order valence-electron chi connectivity index (χ1n) is 6.95. The lowest BCUT2D eigenvalue weighted by Crippen LogP contribution is -2.19. The molecule has 1 aliphatic heterocycles. The summed E-state index contributed by atoms with van der Waals surface area (Å²) in [6, 6.07) is 10.7. The second kappa shape index (κ2) is 5.49. The molecule has 19 heavy (non-hydrogen) atoms. The standard InChI is InChI=1S/C16H19N3/c1-12-16-14(8-5-9-17-12)11-18-15(19-16)10-13-6-3-2-4-7-13/h2-4,6-7,11-12,17H,5,8-10H2,1H3. The van der Waals surface area contributed by atoms with Crippen molar-refractivity contribution in [3.63, 3.8) is 0 Å². The van der Waals surface area contributed by atoms with Crippen LogP contribution in [0.1, 0.15) is 42.0 Å². The lowest BCUT2D eigenvalue weighted by atomic mass is 10.1. The summed E-state index contributed by atoms with van der Waals surface area (Å²) in [6.45, 7) is 3.25. The van der Waals surface area contributed by atoms with Gasteiger partial charge in [0.2, 0.25) is 0 Å². The van der Waals surface area contributed by atoms with E-state index in [2.05, 4.69) is 41.5 Å². The fraction of sp³-hybridized carbons (Fsp3) is 0.375. The molecule has 0 aliphatic carbocycles. The molecule has 2 heterocycles. The lowest BCUT2D eigenvalue weighted by molar-refractivity contribution is 0.569. The number of hydrogen-bond acceptors (Lipinski definition) is 3. The molecule has 0 bridgehead atoms. The molecule has 0 amide bonds. The van der Waals surface area contributed by atoms with Crippen molar-refractivity contribution in [1.29, 1.82) is 0 Å². The molecule has 0 saturated heterocycles. The molecule has 3 nitrogen and oxygen atoms in total. The van der Waals surface area contributed by atoms with E-state index in [1.54, 1.807) is 0 Å².